The molecule has 0 aliphatic carbocycles. The summed E-state index contributed by atoms with van der Waals surface area (Å²) >= 11 is 0. The maximum Gasteiger partial charge on any atom is 0.325 e. The Kier molecular flexibility index (Phi) is 3.37. The van der Waals surface area contributed by atoms with Gasteiger partial charge in [-0.15, -0.1) is 0 Å². The Hall–Kier alpha value is -2.57. The van der Waals surface area contributed by atoms with Gasteiger partial charge < -0.3 is 20.5 Å². The molecule has 19 heavy (non-hydrogen) atoms. The van der Waals surface area contributed by atoms with Gasteiger partial charge in [0.15, 0.2) is 6.61 Å². The van der Waals surface area contributed by atoms with Crippen molar-refractivity contribution in [3.05, 3.63) is 23.8 Å². The molecule has 0 saturated carbocycles. The molecular weight excluding hydrogens is 252 g/mol. The van der Waals surface area contributed by atoms with Gasteiger partial charge in [0.25, 0.3) is 11.8 Å². The highest BCUT2D eigenvalue weighted by molar-refractivity contribution is 6.00. The zero-order valence-corrected chi connectivity index (χ0v) is 10.1. The maximum absolute atomic E-state index is 11.8. The third-order valence-electron chi connectivity index (χ3n) is 2.59. The van der Waals surface area contributed by atoms with E-state index in [9.17, 15) is 14.4 Å². The van der Waals surface area contributed by atoms with E-state index in [4.69, 9.17) is 9.84 Å². The SMILES string of the molecule is C[C@H](NC(=O)c1ccc2c(c1)NC(=O)CO2)C(=O)O. The van der Waals surface area contributed by atoms with Gasteiger partial charge in [0, 0.05) is 5.56 Å². The lowest BCUT2D eigenvalue weighted by atomic mass is 10.1. The van der Waals surface area contributed by atoms with Crippen molar-refractivity contribution < 1.29 is 24.2 Å². The van der Waals surface area contributed by atoms with E-state index in [0.717, 1.165) is 0 Å². The maximum atomic E-state index is 11.8. The number of benzene rings is 1. The van der Waals surface area contributed by atoms with Crippen molar-refractivity contribution >= 4 is 23.5 Å². The van der Waals surface area contributed by atoms with Crippen LogP contribution in [0.25, 0.3) is 0 Å². The van der Waals surface area contributed by atoms with Crippen molar-refractivity contribution in [2.75, 3.05) is 11.9 Å². The molecule has 1 aliphatic heterocycles. The summed E-state index contributed by atoms with van der Waals surface area (Å²) in [5, 5.41) is 13.6. The number of hydrogen-bond donors (Lipinski definition) is 3. The fourth-order valence-corrected chi connectivity index (χ4v) is 1.57. The molecular formula is C12H12N2O5. The number of amides is 2. The minimum Gasteiger partial charge on any atom is -0.482 e. The molecule has 0 radical (unpaired) electrons. The Balaban J connectivity index is 2.17. The van der Waals surface area contributed by atoms with Crippen molar-refractivity contribution in [2.45, 2.75) is 13.0 Å². The number of fused-ring (bicyclic) bond motifs is 1. The third-order valence-corrected chi connectivity index (χ3v) is 2.59. The Labute approximate surface area is 108 Å². The summed E-state index contributed by atoms with van der Waals surface area (Å²) in [6, 6.07) is 3.50. The van der Waals surface area contributed by atoms with Gasteiger partial charge in [-0.1, -0.05) is 0 Å². The van der Waals surface area contributed by atoms with Crippen molar-refractivity contribution in [3.8, 4) is 5.75 Å². The van der Waals surface area contributed by atoms with E-state index in [-0.39, 0.29) is 18.1 Å². The lowest BCUT2D eigenvalue weighted by Gasteiger charge is -2.18. The van der Waals surface area contributed by atoms with Gasteiger partial charge in [0.2, 0.25) is 0 Å². The summed E-state index contributed by atoms with van der Waals surface area (Å²) in [6.07, 6.45) is 0. The summed E-state index contributed by atoms with van der Waals surface area (Å²) < 4.78 is 5.15. The molecule has 100 valence electrons. The van der Waals surface area contributed by atoms with Crippen LogP contribution in [0.15, 0.2) is 18.2 Å². The molecule has 2 rings (SSSR count). The van der Waals surface area contributed by atoms with Gasteiger partial charge in [0.1, 0.15) is 11.8 Å². The van der Waals surface area contributed by atoms with Crippen molar-refractivity contribution in [3.63, 3.8) is 0 Å². The van der Waals surface area contributed by atoms with Crippen molar-refractivity contribution in [2.24, 2.45) is 0 Å². The van der Waals surface area contributed by atoms with Gasteiger partial charge in [0.05, 0.1) is 5.69 Å². The Bertz CT molecular complexity index is 555. The topological polar surface area (TPSA) is 105 Å². The molecule has 3 N–H and O–H groups in total. The van der Waals surface area contributed by atoms with Crippen LogP contribution in [-0.4, -0.2) is 35.5 Å². The first-order chi connectivity index (χ1) is 8.97. The molecule has 1 heterocycles. The molecule has 1 aromatic carbocycles. The second-order valence-corrected chi connectivity index (χ2v) is 4.08. The average Bonchev–Trinajstić information content (AvgIpc) is 2.37. The minimum absolute atomic E-state index is 0.0609. The van der Waals surface area contributed by atoms with Gasteiger partial charge in [-0.25, -0.2) is 0 Å². The number of carbonyl (C=O) groups excluding carboxylic acids is 2. The molecule has 0 bridgehead atoms. The molecule has 0 unspecified atom stereocenters. The van der Waals surface area contributed by atoms with Crippen LogP contribution in [-0.2, 0) is 9.59 Å². The van der Waals surface area contributed by atoms with Gasteiger partial charge in [-0.2, -0.15) is 0 Å². The largest absolute Gasteiger partial charge is 0.482 e. The number of nitrogens with one attached hydrogen (secondary N) is 2. The number of aliphatic carboxylic acids is 1. The lowest BCUT2D eigenvalue weighted by Crippen LogP contribution is -2.38. The monoisotopic (exact) mass is 264 g/mol. The summed E-state index contributed by atoms with van der Waals surface area (Å²) in [6.45, 7) is 1.30. The van der Waals surface area contributed by atoms with Crippen LogP contribution in [0.3, 0.4) is 0 Å². The van der Waals surface area contributed by atoms with Crippen LogP contribution in [0, 0.1) is 0 Å². The fourth-order valence-electron chi connectivity index (χ4n) is 1.57. The number of carboxylic acids is 1. The van der Waals surface area contributed by atoms with E-state index in [1.807, 2.05) is 0 Å². The second kappa shape index (κ2) is 4.97. The summed E-state index contributed by atoms with van der Waals surface area (Å²) in [5.41, 5.74) is 0.643. The fraction of sp³-hybridized carbons (Fsp3) is 0.250. The van der Waals surface area contributed by atoms with E-state index in [2.05, 4.69) is 10.6 Å². The molecule has 1 aliphatic rings. The number of carboxylic acid groups (broad SMARTS) is 1. The Morgan fingerprint density at radius 2 is 2.21 bits per heavy atom. The highest BCUT2D eigenvalue weighted by atomic mass is 16.5. The molecule has 0 fully saturated rings. The number of rotatable bonds is 3. The lowest BCUT2D eigenvalue weighted by molar-refractivity contribution is -0.138. The van der Waals surface area contributed by atoms with Crippen LogP contribution in [0.2, 0.25) is 0 Å². The number of hydrogen-bond acceptors (Lipinski definition) is 4. The molecule has 7 heteroatoms. The van der Waals surface area contributed by atoms with Gasteiger partial charge in [-0.05, 0) is 25.1 Å². The molecule has 7 nitrogen and oxygen atoms in total. The quantitative estimate of drug-likeness (QED) is 0.724. The Morgan fingerprint density at radius 3 is 2.89 bits per heavy atom. The van der Waals surface area contributed by atoms with E-state index in [0.29, 0.717) is 11.4 Å². The summed E-state index contributed by atoms with van der Waals surface area (Å²) in [4.78, 5) is 33.6. The molecule has 0 aromatic heterocycles. The van der Waals surface area contributed by atoms with E-state index < -0.39 is 17.9 Å². The molecule has 2 amide bonds. The van der Waals surface area contributed by atoms with Crippen LogP contribution < -0.4 is 15.4 Å². The van der Waals surface area contributed by atoms with E-state index in [1.165, 1.54) is 19.1 Å². The molecule has 0 saturated heterocycles. The molecule has 1 atom stereocenters. The molecule has 0 spiro atoms. The predicted molar refractivity (Wildman–Crippen MR) is 65.1 cm³/mol. The first kappa shape index (κ1) is 12.9. The summed E-state index contributed by atoms with van der Waals surface area (Å²) in [7, 11) is 0. The third kappa shape index (κ3) is 2.82. The van der Waals surface area contributed by atoms with Crippen LogP contribution in [0.4, 0.5) is 5.69 Å². The zero-order valence-electron chi connectivity index (χ0n) is 10.1. The van der Waals surface area contributed by atoms with Crippen molar-refractivity contribution in [1.82, 2.24) is 5.32 Å². The number of carbonyl (C=O) groups is 3. The average molecular weight is 264 g/mol. The highest BCUT2D eigenvalue weighted by Crippen LogP contribution is 2.28. The van der Waals surface area contributed by atoms with Crippen LogP contribution in [0.5, 0.6) is 5.75 Å². The van der Waals surface area contributed by atoms with Crippen LogP contribution in [0.1, 0.15) is 17.3 Å². The normalized spacial score (nSPS) is 14.7. The first-order valence-electron chi connectivity index (χ1n) is 5.58. The van der Waals surface area contributed by atoms with Crippen molar-refractivity contribution in [1.29, 1.82) is 0 Å². The standard InChI is InChI=1S/C12H12N2O5/c1-6(12(17)18)13-11(16)7-2-3-9-8(4-7)14-10(15)5-19-9/h2-4,6H,5H2,1H3,(H,13,16)(H,14,15)(H,17,18)/t6-/m0/s1. The van der Waals surface area contributed by atoms with E-state index in [1.54, 1.807) is 6.07 Å². The smallest absolute Gasteiger partial charge is 0.325 e. The number of anilines is 1. The Morgan fingerprint density at radius 1 is 1.47 bits per heavy atom. The van der Waals surface area contributed by atoms with Crippen LogP contribution >= 0.6 is 0 Å². The molecule has 1 aromatic rings. The highest BCUT2D eigenvalue weighted by Gasteiger charge is 2.19. The second-order valence-electron chi connectivity index (χ2n) is 4.08. The van der Waals surface area contributed by atoms with E-state index >= 15 is 0 Å². The number of ether oxygens (including phenoxy) is 1. The summed E-state index contributed by atoms with van der Waals surface area (Å²) in [5.74, 6) is -1.48. The van der Waals surface area contributed by atoms with Gasteiger partial charge >= 0.3 is 5.97 Å². The minimum atomic E-state index is -1.12. The predicted octanol–water partition coefficient (Wildman–Crippen LogP) is 0.220. The first-order valence-corrected chi connectivity index (χ1v) is 5.58. The van der Waals surface area contributed by atoms with Gasteiger partial charge in [-0.3, -0.25) is 14.4 Å². The zero-order chi connectivity index (χ0) is 14.0.